The second-order valence-electron chi connectivity index (χ2n) is 6.66. The van der Waals surface area contributed by atoms with Crippen molar-refractivity contribution in [2.45, 2.75) is 12.8 Å². The number of urea groups is 1. The lowest BCUT2D eigenvalue weighted by molar-refractivity contribution is -0.147. The van der Waals surface area contributed by atoms with E-state index < -0.39 is 24.5 Å². The molecule has 2 heterocycles. The number of imide groups is 1. The first kappa shape index (κ1) is 20.6. The van der Waals surface area contributed by atoms with Crippen molar-refractivity contribution >= 4 is 35.2 Å². The van der Waals surface area contributed by atoms with E-state index in [0.717, 1.165) is 23.7 Å². The molecule has 2 N–H and O–H groups in total. The van der Waals surface area contributed by atoms with Gasteiger partial charge in [-0.15, -0.1) is 0 Å². The Morgan fingerprint density at radius 2 is 1.86 bits per heavy atom. The molecule has 0 saturated carbocycles. The normalized spacial score (nSPS) is 16.6. The Kier molecular flexibility index (Phi) is 7.01. The second-order valence-corrected chi connectivity index (χ2v) is 6.66. The summed E-state index contributed by atoms with van der Waals surface area (Å²) in [4.78, 5) is 49.7. The van der Waals surface area contributed by atoms with E-state index in [2.05, 4.69) is 15.5 Å². The van der Waals surface area contributed by atoms with Crippen molar-refractivity contribution in [1.29, 1.82) is 0 Å². The highest BCUT2D eigenvalue weighted by atomic mass is 16.5. The number of carbonyl (C=O) groups is 4. The summed E-state index contributed by atoms with van der Waals surface area (Å²) in [5.74, 6) is -1.32. The van der Waals surface area contributed by atoms with Crippen LogP contribution < -0.4 is 15.5 Å². The number of hydrogen-bond donors (Lipinski definition) is 2. The van der Waals surface area contributed by atoms with Crippen LogP contribution in [-0.4, -0.2) is 74.7 Å². The molecule has 156 valence electrons. The predicted octanol–water partition coefficient (Wildman–Crippen LogP) is 0.337. The van der Waals surface area contributed by atoms with Crippen LogP contribution >= 0.6 is 0 Å². The van der Waals surface area contributed by atoms with Gasteiger partial charge >= 0.3 is 12.0 Å². The molecule has 10 nitrogen and oxygen atoms in total. The van der Waals surface area contributed by atoms with E-state index >= 15 is 0 Å². The van der Waals surface area contributed by atoms with Gasteiger partial charge in [0.25, 0.3) is 5.91 Å². The fourth-order valence-corrected chi connectivity index (χ4v) is 3.06. The van der Waals surface area contributed by atoms with Crippen molar-refractivity contribution in [3.05, 3.63) is 24.3 Å². The van der Waals surface area contributed by atoms with Crippen LogP contribution in [0.5, 0.6) is 0 Å². The first-order valence-electron chi connectivity index (χ1n) is 9.49. The second kappa shape index (κ2) is 9.87. The lowest BCUT2D eigenvalue weighted by atomic mass is 10.2. The molecule has 4 amide bonds. The zero-order chi connectivity index (χ0) is 20.6. The molecular weight excluding hydrogens is 380 g/mol. The molecule has 0 radical (unpaired) electrons. The topological polar surface area (TPSA) is 117 Å². The molecule has 2 aliphatic rings. The average molecular weight is 404 g/mol. The third kappa shape index (κ3) is 5.92. The van der Waals surface area contributed by atoms with Crippen molar-refractivity contribution < 1.29 is 28.7 Å². The van der Waals surface area contributed by atoms with Gasteiger partial charge in [0.05, 0.1) is 19.8 Å². The summed E-state index contributed by atoms with van der Waals surface area (Å²) >= 11 is 0. The molecular formula is C19H24N4O6. The average Bonchev–Trinajstić information content (AvgIpc) is 3.05. The predicted molar refractivity (Wildman–Crippen MR) is 103 cm³/mol. The van der Waals surface area contributed by atoms with Gasteiger partial charge in [0.15, 0.2) is 6.61 Å². The molecule has 1 aromatic carbocycles. The van der Waals surface area contributed by atoms with Crippen molar-refractivity contribution in [1.82, 2.24) is 10.2 Å². The van der Waals surface area contributed by atoms with Crippen LogP contribution in [0.15, 0.2) is 24.3 Å². The minimum absolute atomic E-state index is 0.0125. The van der Waals surface area contributed by atoms with E-state index in [1.54, 1.807) is 12.1 Å². The van der Waals surface area contributed by atoms with Gasteiger partial charge in [-0.1, -0.05) is 0 Å². The zero-order valence-corrected chi connectivity index (χ0v) is 16.0. The van der Waals surface area contributed by atoms with Crippen molar-refractivity contribution in [3.8, 4) is 0 Å². The SMILES string of the molecule is O=C(COC(=O)CCCN1C(=O)CNC1=O)Nc1ccc(N2CCOCC2)cc1. The first-order chi connectivity index (χ1) is 14.0. The van der Waals surface area contributed by atoms with Crippen LogP contribution in [0.1, 0.15) is 12.8 Å². The maximum absolute atomic E-state index is 12.0. The van der Waals surface area contributed by atoms with E-state index in [-0.39, 0.29) is 31.8 Å². The Balaban J connectivity index is 1.34. The highest BCUT2D eigenvalue weighted by Crippen LogP contribution is 2.19. The third-order valence-corrected chi connectivity index (χ3v) is 4.59. The number of hydrogen-bond acceptors (Lipinski definition) is 7. The molecule has 0 spiro atoms. The summed E-state index contributed by atoms with van der Waals surface area (Å²) in [5.41, 5.74) is 1.67. The number of benzene rings is 1. The molecule has 0 aromatic heterocycles. The van der Waals surface area contributed by atoms with Gasteiger partial charge < -0.3 is 25.0 Å². The van der Waals surface area contributed by atoms with E-state index in [9.17, 15) is 19.2 Å². The Morgan fingerprint density at radius 1 is 1.14 bits per heavy atom. The Bertz CT molecular complexity index is 744. The Hall–Kier alpha value is -3.14. The largest absolute Gasteiger partial charge is 0.456 e. The van der Waals surface area contributed by atoms with Crippen LogP contribution in [0.25, 0.3) is 0 Å². The van der Waals surface area contributed by atoms with Gasteiger partial charge in [-0.3, -0.25) is 19.3 Å². The minimum Gasteiger partial charge on any atom is -0.456 e. The summed E-state index contributed by atoms with van der Waals surface area (Å²) in [6, 6.07) is 6.97. The lowest BCUT2D eigenvalue weighted by Gasteiger charge is -2.28. The van der Waals surface area contributed by atoms with Crippen molar-refractivity contribution in [2.75, 3.05) is 56.2 Å². The number of anilines is 2. The van der Waals surface area contributed by atoms with Crippen molar-refractivity contribution in [3.63, 3.8) is 0 Å². The fourth-order valence-electron chi connectivity index (χ4n) is 3.06. The highest BCUT2D eigenvalue weighted by Gasteiger charge is 2.27. The molecule has 1 aromatic rings. The molecule has 0 aliphatic carbocycles. The van der Waals surface area contributed by atoms with Crippen molar-refractivity contribution in [2.24, 2.45) is 0 Å². The third-order valence-electron chi connectivity index (χ3n) is 4.59. The molecule has 2 saturated heterocycles. The molecule has 3 rings (SSSR count). The molecule has 2 aliphatic heterocycles. The molecule has 0 atom stereocenters. The first-order valence-corrected chi connectivity index (χ1v) is 9.49. The maximum atomic E-state index is 12.0. The van der Waals surface area contributed by atoms with Gasteiger partial charge in [-0.2, -0.15) is 0 Å². The number of nitrogens with one attached hydrogen (secondary N) is 2. The van der Waals surface area contributed by atoms with E-state index in [1.807, 2.05) is 12.1 Å². The van der Waals surface area contributed by atoms with Gasteiger partial charge in [-0.25, -0.2) is 4.79 Å². The number of nitrogens with zero attached hydrogens (tertiary/aromatic N) is 2. The standard InChI is InChI=1S/C19H24N4O6/c24-16(13-29-18(26)2-1-7-23-17(25)12-20-19(23)27)21-14-3-5-15(6-4-14)22-8-10-28-11-9-22/h3-6H,1-2,7-13H2,(H,20,27)(H,21,24). The van der Waals surface area contributed by atoms with E-state index in [0.29, 0.717) is 18.9 Å². The summed E-state index contributed by atoms with van der Waals surface area (Å²) in [6.07, 6.45) is 0.293. The molecule has 2 fully saturated rings. The van der Waals surface area contributed by atoms with E-state index in [1.165, 1.54) is 0 Å². The quantitative estimate of drug-likeness (QED) is 0.474. The van der Waals surface area contributed by atoms with Crippen LogP contribution in [0, 0.1) is 0 Å². The van der Waals surface area contributed by atoms with Crippen LogP contribution in [-0.2, 0) is 23.9 Å². The number of ether oxygens (including phenoxy) is 2. The summed E-state index contributed by atoms with van der Waals surface area (Å²) in [6.45, 7) is 2.79. The van der Waals surface area contributed by atoms with E-state index in [4.69, 9.17) is 9.47 Å². The number of esters is 1. The Labute approximate surface area is 168 Å². The van der Waals surface area contributed by atoms with Gasteiger partial charge in [0, 0.05) is 37.4 Å². The molecule has 10 heteroatoms. The number of carbonyl (C=O) groups excluding carboxylic acids is 4. The molecule has 0 unspecified atom stereocenters. The summed E-state index contributed by atoms with van der Waals surface area (Å²) < 4.78 is 10.3. The molecule has 0 bridgehead atoms. The monoisotopic (exact) mass is 404 g/mol. The highest BCUT2D eigenvalue weighted by molar-refractivity contribution is 6.01. The van der Waals surface area contributed by atoms with Gasteiger partial charge in [0.2, 0.25) is 5.91 Å². The van der Waals surface area contributed by atoms with Crippen LogP contribution in [0.4, 0.5) is 16.2 Å². The summed E-state index contributed by atoms with van der Waals surface area (Å²) in [7, 11) is 0. The lowest BCUT2D eigenvalue weighted by Crippen LogP contribution is -2.36. The number of amides is 4. The Morgan fingerprint density at radius 3 is 2.52 bits per heavy atom. The number of morpholine rings is 1. The van der Waals surface area contributed by atoms with Gasteiger partial charge in [-0.05, 0) is 30.7 Å². The maximum Gasteiger partial charge on any atom is 0.324 e. The van der Waals surface area contributed by atoms with Gasteiger partial charge in [0.1, 0.15) is 0 Å². The number of rotatable bonds is 8. The van der Waals surface area contributed by atoms with Crippen LogP contribution in [0.3, 0.4) is 0 Å². The minimum atomic E-state index is -0.560. The smallest absolute Gasteiger partial charge is 0.324 e. The zero-order valence-electron chi connectivity index (χ0n) is 16.0. The summed E-state index contributed by atoms with van der Waals surface area (Å²) in [5, 5.41) is 5.08. The van der Waals surface area contributed by atoms with Crippen LogP contribution in [0.2, 0.25) is 0 Å². The fraction of sp³-hybridized carbons (Fsp3) is 0.474. The molecule has 29 heavy (non-hydrogen) atoms.